The molecule has 5 rings (SSSR count). The Kier molecular flexibility index (Phi) is 4.43. The van der Waals surface area contributed by atoms with Crippen molar-refractivity contribution in [1.29, 1.82) is 0 Å². The lowest BCUT2D eigenvalue weighted by molar-refractivity contribution is 0.102. The molecular formula is C21H18N8O2. The van der Waals surface area contributed by atoms with Gasteiger partial charge in [0.25, 0.3) is 17.7 Å². The Morgan fingerprint density at radius 1 is 1.13 bits per heavy atom. The molecule has 10 heteroatoms. The minimum absolute atomic E-state index is 0.254. The number of hydrogen-bond donors (Lipinski definition) is 2. The van der Waals surface area contributed by atoms with E-state index in [0.717, 1.165) is 5.56 Å². The van der Waals surface area contributed by atoms with Crippen molar-refractivity contribution in [2.75, 3.05) is 10.6 Å². The molecule has 2 N–H and O–H groups in total. The molecule has 0 atom stereocenters. The van der Waals surface area contributed by atoms with Crippen molar-refractivity contribution in [1.82, 2.24) is 29.1 Å². The van der Waals surface area contributed by atoms with Gasteiger partial charge in [0, 0.05) is 37.0 Å². The van der Waals surface area contributed by atoms with Crippen LogP contribution in [0.15, 0.2) is 65.7 Å². The molecule has 0 bridgehead atoms. The van der Waals surface area contributed by atoms with Crippen LogP contribution < -0.4 is 10.6 Å². The number of carbonyl (C=O) groups is 1. The van der Waals surface area contributed by atoms with E-state index in [0.29, 0.717) is 40.4 Å². The number of nitrogens with zero attached hydrogens (tertiary/aromatic N) is 6. The Labute approximate surface area is 176 Å². The average Bonchev–Trinajstić information content (AvgIpc) is 3.50. The molecule has 10 nitrogen and oxygen atoms in total. The molecule has 0 aliphatic carbocycles. The van der Waals surface area contributed by atoms with Gasteiger partial charge in [-0.3, -0.25) is 9.20 Å². The number of rotatable bonds is 5. The standard InChI is InChI=1S/C21H18N8O2/c1-13-6-7-14(24-21-26-20(31-27-21)18-22-8-10-28(18)2)11-15(13)25-19(30)16-12-23-17-5-3-4-9-29(16)17/h3-12H,1-2H3,(H,24,27)(H,25,30). The van der Waals surface area contributed by atoms with Gasteiger partial charge in [-0.1, -0.05) is 12.1 Å². The highest BCUT2D eigenvalue weighted by atomic mass is 16.5. The van der Waals surface area contributed by atoms with Crippen molar-refractivity contribution in [3.63, 3.8) is 0 Å². The van der Waals surface area contributed by atoms with Crippen LogP contribution in [0.25, 0.3) is 17.4 Å². The van der Waals surface area contributed by atoms with E-state index < -0.39 is 0 Å². The van der Waals surface area contributed by atoms with E-state index in [1.807, 2.05) is 50.4 Å². The van der Waals surface area contributed by atoms with Gasteiger partial charge in [-0.2, -0.15) is 4.98 Å². The van der Waals surface area contributed by atoms with Crippen molar-refractivity contribution < 1.29 is 9.32 Å². The van der Waals surface area contributed by atoms with Gasteiger partial charge < -0.3 is 19.7 Å². The second kappa shape index (κ2) is 7.41. The summed E-state index contributed by atoms with van der Waals surface area (Å²) in [6.07, 6.45) is 6.81. The summed E-state index contributed by atoms with van der Waals surface area (Å²) < 4.78 is 8.81. The number of amides is 1. The molecule has 0 radical (unpaired) electrons. The first-order chi connectivity index (χ1) is 15.1. The Morgan fingerprint density at radius 3 is 2.87 bits per heavy atom. The number of anilines is 3. The quantitative estimate of drug-likeness (QED) is 0.453. The van der Waals surface area contributed by atoms with Crippen molar-refractivity contribution in [2.24, 2.45) is 7.05 Å². The lowest BCUT2D eigenvalue weighted by Gasteiger charge is -2.10. The van der Waals surface area contributed by atoms with Crippen molar-refractivity contribution in [2.45, 2.75) is 6.92 Å². The number of carbonyl (C=O) groups excluding carboxylic acids is 1. The van der Waals surface area contributed by atoms with Crippen LogP contribution in [-0.4, -0.2) is 35.0 Å². The smallest absolute Gasteiger partial charge is 0.295 e. The van der Waals surface area contributed by atoms with Crippen molar-refractivity contribution >= 4 is 28.9 Å². The third-order valence-electron chi connectivity index (χ3n) is 4.83. The number of aromatic nitrogens is 6. The highest BCUT2D eigenvalue weighted by Crippen LogP contribution is 2.24. The molecule has 154 valence electrons. The van der Waals surface area contributed by atoms with Crippen LogP contribution in [0.1, 0.15) is 16.1 Å². The number of benzene rings is 1. The van der Waals surface area contributed by atoms with Crippen LogP contribution in [0.4, 0.5) is 17.3 Å². The second-order valence-electron chi connectivity index (χ2n) is 6.97. The van der Waals surface area contributed by atoms with Crippen molar-refractivity contribution in [3.05, 3.63) is 72.4 Å². The number of pyridine rings is 1. The minimum Gasteiger partial charge on any atom is -0.330 e. The van der Waals surface area contributed by atoms with Crippen LogP contribution in [0.3, 0.4) is 0 Å². The first-order valence-electron chi connectivity index (χ1n) is 9.51. The minimum atomic E-state index is -0.254. The van der Waals surface area contributed by atoms with Crippen LogP contribution in [0.5, 0.6) is 0 Å². The van der Waals surface area contributed by atoms with E-state index in [-0.39, 0.29) is 5.91 Å². The lowest BCUT2D eigenvalue weighted by atomic mass is 10.1. The SMILES string of the molecule is Cc1ccc(Nc2noc(-c3nccn3C)n2)cc1NC(=O)c1cnc2ccccn12. The summed E-state index contributed by atoms with van der Waals surface area (Å²) in [6.45, 7) is 1.92. The molecule has 1 aromatic carbocycles. The molecule has 0 unspecified atom stereocenters. The summed E-state index contributed by atoms with van der Waals surface area (Å²) in [5.74, 6) is 0.921. The Hall–Kier alpha value is -4.47. The zero-order chi connectivity index (χ0) is 21.4. The third kappa shape index (κ3) is 3.50. The molecule has 0 saturated heterocycles. The maximum atomic E-state index is 12.8. The monoisotopic (exact) mass is 414 g/mol. The van der Waals surface area contributed by atoms with Gasteiger partial charge in [0.2, 0.25) is 0 Å². The number of hydrogen-bond acceptors (Lipinski definition) is 7. The largest absolute Gasteiger partial charge is 0.330 e. The number of fused-ring (bicyclic) bond motifs is 1. The Morgan fingerprint density at radius 2 is 2.03 bits per heavy atom. The zero-order valence-electron chi connectivity index (χ0n) is 16.8. The van der Waals surface area contributed by atoms with E-state index >= 15 is 0 Å². The molecule has 0 aliphatic heterocycles. The fraction of sp³-hybridized carbons (Fsp3) is 0.0952. The van der Waals surface area contributed by atoms with Crippen LogP contribution in [0.2, 0.25) is 0 Å². The molecule has 0 spiro atoms. The van der Waals surface area contributed by atoms with Gasteiger partial charge in [-0.25, -0.2) is 9.97 Å². The zero-order valence-corrected chi connectivity index (χ0v) is 16.8. The maximum absolute atomic E-state index is 12.8. The lowest BCUT2D eigenvalue weighted by Crippen LogP contribution is -2.15. The van der Waals surface area contributed by atoms with E-state index in [4.69, 9.17) is 4.52 Å². The van der Waals surface area contributed by atoms with Crippen LogP contribution in [0, 0.1) is 6.92 Å². The molecule has 0 fully saturated rings. The summed E-state index contributed by atoms with van der Waals surface area (Å²) in [7, 11) is 1.85. The number of aryl methyl sites for hydroxylation is 2. The summed E-state index contributed by atoms with van der Waals surface area (Å²) in [5.41, 5.74) is 3.43. The number of imidazole rings is 2. The molecule has 1 amide bonds. The van der Waals surface area contributed by atoms with Gasteiger partial charge in [-0.05, 0) is 41.9 Å². The molecule has 0 saturated carbocycles. The molecule has 4 heterocycles. The molecule has 31 heavy (non-hydrogen) atoms. The van der Waals surface area contributed by atoms with E-state index in [1.165, 1.54) is 0 Å². The van der Waals surface area contributed by atoms with Gasteiger partial charge in [0.1, 0.15) is 11.3 Å². The number of nitrogens with one attached hydrogen (secondary N) is 2. The van der Waals surface area contributed by atoms with Crippen molar-refractivity contribution in [3.8, 4) is 11.7 Å². The topological polar surface area (TPSA) is 115 Å². The normalized spacial score (nSPS) is 11.0. The molecule has 4 aromatic heterocycles. The fourth-order valence-electron chi connectivity index (χ4n) is 3.19. The highest BCUT2D eigenvalue weighted by molar-refractivity contribution is 6.04. The van der Waals surface area contributed by atoms with Gasteiger partial charge in [0.15, 0.2) is 5.82 Å². The molecule has 0 aliphatic rings. The van der Waals surface area contributed by atoms with Gasteiger partial charge >= 0.3 is 0 Å². The van der Waals surface area contributed by atoms with E-state index in [9.17, 15) is 4.79 Å². The summed E-state index contributed by atoms with van der Waals surface area (Å²) in [5, 5.41) is 9.98. The van der Waals surface area contributed by atoms with Crippen LogP contribution in [-0.2, 0) is 7.05 Å². The summed E-state index contributed by atoms with van der Waals surface area (Å²) >= 11 is 0. The Balaban J connectivity index is 1.36. The first kappa shape index (κ1) is 18.6. The third-order valence-corrected chi connectivity index (χ3v) is 4.83. The maximum Gasteiger partial charge on any atom is 0.295 e. The fourth-order valence-corrected chi connectivity index (χ4v) is 3.19. The Bertz CT molecular complexity index is 1400. The van der Waals surface area contributed by atoms with E-state index in [2.05, 4.69) is 30.7 Å². The molecule has 5 aromatic rings. The summed E-state index contributed by atoms with van der Waals surface area (Å²) in [4.78, 5) is 25.6. The van der Waals surface area contributed by atoms with Gasteiger partial charge in [0.05, 0.1) is 6.20 Å². The van der Waals surface area contributed by atoms with E-state index in [1.54, 1.807) is 33.8 Å². The second-order valence-corrected chi connectivity index (χ2v) is 6.97. The highest BCUT2D eigenvalue weighted by Gasteiger charge is 2.15. The van der Waals surface area contributed by atoms with Crippen LogP contribution >= 0.6 is 0 Å². The van der Waals surface area contributed by atoms with Gasteiger partial charge in [-0.15, -0.1) is 0 Å². The first-order valence-corrected chi connectivity index (χ1v) is 9.51. The predicted octanol–water partition coefficient (Wildman–Crippen LogP) is 3.42. The summed E-state index contributed by atoms with van der Waals surface area (Å²) in [6, 6.07) is 11.2. The predicted molar refractivity (Wildman–Crippen MR) is 114 cm³/mol. The average molecular weight is 414 g/mol. The molecular weight excluding hydrogens is 396 g/mol.